The zero-order valence-electron chi connectivity index (χ0n) is 9.92. The van der Waals surface area contributed by atoms with Gasteiger partial charge in [0.2, 0.25) is 5.91 Å². The molecule has 4 N–H and O–H groups in total. The smallest absolute Gasteiger partial charge is 0.328 e. The summed E-state index contributed by atoms with van der Waals surface area (Å²) in [6, 6.07) is -1.65. The third-order valence-corrected chi connectivity index (χ3v) is 2.73. The highest BCUT2D eigenvalue weighted by Gasteiger charge is 2.35. The lowest BCUT2D eigenvalue weighted by molar-refractivity contribution is -0.144. The third-order valence-electron chi connectivity index (χ3n) is 2.73. The molecule has 0 aliphatic carbocycles. The molecule has 1 unspecified atom stereocenters. The number of amides is 3. The van der Waals surface area contributed by atoms with Crippen LogP contribution >= 0.6 is 0 Å². The Balaban J connectivity index is 1.98. The van der Waals surface area contributed by atoms with E-state index in [1.807, 2.05) is 0 Å². The van der Waals surface area contributed by atoms with Crippen LogP contribution in [0, 0.1) is 0 Å². The molecule has 9 nitrogen and oxygen atoms in total. The van der Waals surface area contributed by atoms with Crippen molar-refractivity contribution in [3.05, 3.63) is 18.0 Å². The van der Waals surface area contributed by atoms with E-state index in [1.165, 1.54) is 6.20 Å². The van der Waals surface area contributed by atoms with Crippen LogP contribution in [-0.2, 0) is 16.1 Å². The summed E-state index contributed by atoms with van der Waals surface area (Å²) >= 11 is 0. The van der Waals surface area contributed by atoms with Crippen molar-refractivity contribution in [2.75, 3.05) is 13.1 Å². The van der Waals surface area contributed by atoms with Gasteiger partial charge in [0.15, 0.2) is 0 Å². The van der Waals surface area contributed by atoms with Crippen LogP contribution in [-0.4, -0.2) is 57.2 Å². The van der Waals surface area contributed by atoms with Crippen molar-refractivity contribution in [2.24, 2.45) is 0 Å². The minimum Gasteiger partial charge on any atom is -0.480 e. The molecule has 0 radical (unpaired) electrons. The Kier molecular flexibility index (Phi) is 3.64. The molecule has 9 heteroatoms. The molecule has 0 bridgehead atoms. The number of aromatic nitrogens is 2. The number of nitrogens with one attached hydrogen (secondary N) is 3. The average molecular weight is 267 g/mol. The molecular formula is C10H13N5O4. The fraction of sp³-hybridized carbons (Fsp3) is 0.400. The van der Waals surface area contributed by atoms with Gasteiger partial charge in [0.05, 0.1) is 6.20 Å². The first-order chi connectivity index (χ1) is 9.08. The minimum absolute atomic E-state index is 0.0900. The molecule has 3 amide bonds. The molecule has 0 saturated carbocycles. The zero-order chi connectivity index (χ0) is 13.8. The number of aliphatic carboxylic acids is 1. The molecule has 1 saturated heterocycles. The number of rotatable bonds is 3. The van der Waals surface area contributed by atoms with Crippen LogP contribution in [0.4, 0.5) is 4.79 Å². The summed E-state index contributed by atoms with van der Waals surface area (Å²) in [5.41, 5.74) is 0.752. The van der Waals surface area contributed by atoms with E-state index in [-0.39, 0.29) is 25.5 Å². The average Bonchev–Trinajstić information content (AvgIpc) is 2.88. The lowest BCUT2D eigenvalue weighted by Gasteiger charge is -2.32. The molecule has 1 aliphatic rings. The molecule has 1 aliphatic heterocycles. The molecular weight excluding hydrogens is 254 g/mol. The lowest BCUT2D eigenvalue weighted by Crippen LogP contribution is -2.61. The van der Waals surface area contributed by atoms with Crippen LogP contribution < -0.4 is 10.6 Å². The fourth-order valence-corrected chi connectivity index (χ4v) is 1.73. The van der Waals surface area contributed by atoms with Crippen LogP contribution in [0.15, 0.2) is 12.4 Å². The van der Waals surface area contributed by atoms with Crippen molar-refractivity contribution < 1.29 is 19.5 Å². The zero-order valence-corrected chi connectivity index (χ0v) is 9.92. The second-order valence-electron chi connectivity index (χ2n) is 4.05. The van der Waals surface area contributed by atoms with Gasteiger partial charge in [-0.15, -0.1) is 0 Å². The second-order valence-corrected chi connectivity index (χ2v) is 4.05. The number of nitrogens with zero attached hydrogens (tertiary/aromatic N) is 2. The Morgan fingerprint density at radius 3 is 3.00 bits per heavy atom. The van der Waals surface area contributed by atoms with Gasteiger partial charge in [-0.25, -0.2) is 9.59 Å². The largest absolute Gasteiger partial charge is 0.480 e. The van der Waals surface area contributed by atoms with Crippen molar-refractivity contribution in [3.63, 3.8) is 0 Å². The van der Waals surface area contributed by atoms with Crippen LogP contribution in [0.5, 0.6) is 0 Å². The molecule has 2 heterocycles. The highest BCUT2D eigenvalue weighted by molar-refractivity contribution is 5.90. The number of hydrogen-bond donors (Lipinski definition) is 4. The predicted molar refractivity (Wildman–Crippen MR) is 62.0 cm³/mol. The summed E-state index contributed by atoms with van der Waals surface area (Å²) in [5, 5.41) is 20.3. The molecule has 1 aromatic rings. The van der Waals surface area contributed by atoms with Crippen LogP contribution in [0.25, 0.3) is 0 Å². The first-order valence-corrected chi connectivity index (χ1v) is 5.59. The molecule has 0 aromatic carbocycles. The summed E-state index contributed by atoms with van der Waals surface area (Å²) in [7, 11) is 0. The molecule has 1 aromatic heterocycles. The second kappa shape index (κ2) is 5.38. The van der Waals surface area contributed by atoms with Crippen LogP contribution in [0.3, 0.4) is 0 Å². The number of urea groups is 1. The maximum absolute atomic E-state index is 11.9. The number of hydrogen-bond acceptors (Lipinski definition) is 4. The molecule has 0 spiro atoms. The Bertz CT molecular complexity index is 486. The van der Waals surface area contributed by atoms with Crippen molar-refractivity contribution in [1.82, 2.24) is 25.7 Å². The number of H-pyrrole nitrogens is 1. The topological polar surface area (TPSA) is 127 Å². The highest BCUT2D eigenvalue weighted by Crippen LogP contribution is 2.05. The van der Waals surface area contributed by atoms with Gasteiger partial charge in [0, 0.05) is 24.8 Å². The number of piperazine rings is 1. The highest BCUT2D eigenvalue weighted by atomic mass is 16.4. The number of carboxylic acids is 1. The number of aromatic amines is 1. The molecule has 19 heavy (non-hydrogen) atoms. The van der Waals surface area contributed by atoms with Gasteiger partial charge in [0.1, 0.15) is 12.6 Å². The van der Waals surface area contributed by atoms with E-state index < -0.39 is 18.0 Å². The van der Waals surface area contributed by atoms with Crippen LogP contribution in [0.2, 0.25) is 0 Å². The predicted octanol–water partition coefficient (Wildman–Crippen LogP) is -1.50. The van der Waals surface area contributed by atoms with E-state index in [9.17, 15) is 14.4 Å². The number of carboxylic acid groups (broad SMARTS) is 1. The maximum Gasteiger partial charge on any atom is 0.328 e. The molecule has 1 fully saturated rings. The van der Waals surface area contributed by atoms with E-state index in [1.54, 1.807) is 6.20 Å². The number of carbonyl (C=O) groups is 3. The Morgan fingerprint density at radius 2 is 2.37 bits per heavy atom. The Morgan fingerprint density at radius 1 is 1.58 bits per heavy atom. The van der Waals surface area contributed by atoms with E-state index in [4.69, 9.17) is 5.11 Å². The molecule has 102 valence electrons. The quantitative estimate of drug-likeness (QED) is 0.530. The standard InChI is InChI=1S/C10H13N5O4/c16-8-5-15(7(4-11-8)9(17)18)10(19)12-1-6-2-13-14-3-6/h2-3,7H,1,4-5H2,(H,11,16)(H,12,19)(H,13,14)(H,17,18). The lowest BCUT2D eigenvalue weighted by atomic mass is 10.2. The molecule has 1 atom stereocenters. The van der Waals surface area contributed by atoms with Gasteiger partial charge in [0.25, 0.3) is 0 Å². The molecule has 2 rings (SSSR count). The Hall–Kier alpha value is -2.58. The monoisotopic (exact) mass is 267 g/mol. The summed E-state index contributed by atoms with van der Waals surface area (Å²) in [6.07, 6.45) is 3.15. The maximum atomic E-state index is 11.9. The summed E-state index contributed by atoms with van der Waals surface area (Å²) in [4.78, 5) is 35.2. The normalized spacial score (nSPS) is 18.8. The van der Waals surface area contributed by atoms with Gasteiger partial charge in [-0.1, -0.05) is 0 Å². The van der Waals surface area contributed by atoms with Crippen molar-refractivity contribution in [2.45, 2.75) is 12.6 Å². The van der Waals surface area contributed by atoms with E-state index in [0.717, 1.165) is 10.5 Å². The van der Waals surface area contributed by atoms with E-state index in [2.05, 4.69) is 20.8 Å². The van der Waals surface area contributed by atoms with Gasteiger partial charge in [-0.2, -0.15) is 5.10 Å². The SMILES string of the molecule is O=C1CN(C(=O)NCc2cn[nH]c2)C(C(=O)O)CN1. The summed E-state index contributed by atoms with van der Waals surface area (Å²) in [6.45, 7) is -0.152. The minimum atomic E-state index is -1.15. The Labute approximate surface area is 108 Å². The van der Waals surface area contributed by atoms with E-state index in [0.29, 0.717) is 0 Å². The summed E-state index contributed by atoms with van der Waals surface area (Å²) < 4.78 is 0. The van der Waals surface area contributed by atoms with Gasteiger partial charge in [-0.05, 0) is 0 Å². The first kappa shape index (κ1) is 12.9. The van der Waals surface area contributed by atoms with Gasteiger partial charge >= 0.3 is 12.0 Å². The van der Waals surface area contributed by atoms with Crippen LogP contribution in [0.1, 0.15) is 5.56 Å². The van der Waals surface area contributed by atoms with Crippen molar-refractivity contribution in [3.8, 4) is 0 Å². The summed E-state index contributed by atoms with van der Waals surface area (Å²) in [5.74, 6) is -1.53. The van der Waals surface area contributed by atoms with Crippen molar-refractivity contribution >= 4 is 17.9 Å². The van der Waals surface area contributed by atoms with Gasteiger partial charge < -0.3 is 15.7 Å². The third kappa shape index (κ3) is 3.00. The van der Waals surface area contributed by atoms with Crippen molar-refractivity contribution in [1.29, 1.82) is 0 Å². The fourth-order valence-electron chi connectivity index (χ4n) is 1.73. The number of carbonyl (C=O) groups excluding carboxylic acids is 2. The first-order valence-electron chi connectivity index (χ1n) is 5.59. The van der Waals surface area contributed by atoms with E-state index >= 15 is 0 Å². The van der Waals surface area contributed by atoms with Gasteiger partial charge in [-0.3, -0.25) is 14.8 Å².